The minimum atomic E-state index is -3.45. The minimum Gasteiger partial charge on any atom is -0.345 e. The topological polar surface area (TPSA) is 86.6 Å². The summed E-state index contributed by atoms with van der Waals surface area (Å²) >= 11 is 0. The number of H-pyrrole nitrogens is 1. The van der Waals surface area contributed by atoms with Crippen LogP contribution in [0.3, 0.4) is 0 Å². The number of nitrogens with one attached hydrogen (secondary N) is 1. The molecule has 1 aromatic heterocycles. The van der Waals surface area contributed by atoms with Gasteiger partial charge in [-0.25, -0.2) is 13.4 Å². The first-order valence-corrected chi connectivity index (χ1v) is 5.24. The van der Waals surface area contributed by atoms with Crippen molar-refractivity contribution >= 4 is 15.9 Å². The number of nitriles is 1. The van der Waals surface area contributed by atoms with Crippen LogP contribution in [-0.2, 0) is 9.84 Å². The normalized spacial score (nSPS) is 12.5. The lowest BCUT2D eigenvalue weighted by Crippen LogP contribution is -1.98. The molecule has 0 radical (unpaired) electrons. The van der Waals surface area contributed by atoms with Gasteiger partial charge in [-0.15, -0.1) is 0 Å². The number of nitrogens with zero attached hydrogens (tertiary/aromatic N) is 2. The van der Waals surface area contributed by atoms with Gasteiger partial charge in [0, 0.05) is 24.7 Å². The van der Waals surface area contributed by atoms with Crippen LogP contribution in [0.1, 0.15) is 5.82 Å². The van der Waals surface area contributed by atoms with Gasteiger partial charge in [-0.1, -0.05) is 0 Å². The summed E-state index contributed by atoms with van der Waals surface area (Å²) in [6.45, 7) is 0. The third-order valence-electron chi connectivity index (χ3n) is 1.30. The van der Waals surface area contributed by atoms with Crippen LogP contribution < -0.4 is 0 Å². The Bertz CT molecular complexity index is 450. The third-order valence-corrected chi connectivity index (χ3v) is 2.30. The van der Waals surface area contributed by atoms with Gasteiger partial charge < -0.3 is 4.98 Å². The molecule has 0 saturated heterocycles. The molecule has 0 fully saturated rings. The van der Waals surface area contributed by atoms with Crippen molar-refractivity contribution in [3.63, 3.8) is 0 Å². The second kappa shape index (κ2) is 3.41. The van der Waals surface area contributed by atoms with Crippen molar-refractivity contribution in [2.45, 2.75) is 0 Å². The average molecular weight is 197 g/mol. The van der Waals surface area contributed by atoms with E-state index in [1.165, 1.54) is 12.3 Å². The second-order valence-corrected chi connectivity index (χ2v) is 4.35. The molecule has 68 valence electrons. The fraction of sp³-hybridized carbons (Fsp3) is 0.143. The molecule has 0 aliphatic rings. The van der Waals surface area contributed by atoms with Crippen molar-refractivity contribution in [1.82, 2.24) is 9.97 Å². The maximum Gasteiger partial charge on any atom is 0.185 e. The van der Waals surface area contributed by atoms with Crippen LogP contribution >= 0.6 is 0 Å². The van der Waals surface area contributed by atoms with Crippen LogP contribution in [0.5, 0.6) is 0 Å². The van der Waals surface area contributed by atoms with Crippen LogP contribution in [0.25, 0.3) is 6.08 Å². The number of allylic oxidation sites excluding steroid dienone is 1. The van der Waals surface area contributed by atoms with Gasteiger partial charge in [0.1, 0.15) is 16.8 Å². The average Bonchev–Trinajstić information content (AvgIpc) is 2.49. The van der Waals surface area contributed by atoms with Crippen molar-refractivity contribution in [1.29, 1.82) is 5.26 Å². The molecular formula is C7H7N3O2S. The summed E-state index contributed by atoms with van der Waals surface area (Å²) < 4.78 is 21.9. The lowest BCUT2D eigenvalue weighted by atomic mass is 10.5. The van der Waals surface area contributed by atoms with Crippen molar-refractivity contribution in [3.8, 4) is 6.07 Å². The number of imidazole rings is 1. The van der Waals surface area contributed by atoms with Crippen molar-refractivity contribution in [2.75, 3.05) is 6.26 Å². The second-order valence-electron chi connectivity index (χ2n) is 2.37. The Kier molecular flexibility index (Phi) is 2.49. The number of hydrogen-bond donors (Lipinski definition) is 1. The molecule has 0 amide bonds. The summed E-state index contributed by atoms with van der Waals surface area (Å²) in [4.78, 5) is 6.14. The van der Waals surface area contributed by atoms with Gasteiger partial charge in [0.2, 0.25) is 0 Å². The molecule has 1 aromatic rings. The Morgan fingerprint density at radius 1 is 1.77 bits per heavy atom. The van der Waals surface area contributed by atoms with E-state index < -0.39 is 9.84 Å². The molecule has 0 unspecified atom stereocenters. The Labute approximate surface area is 75.6 Å². The Balaban J connectivity index is 3.14. The third kappa shape index (κ3) is 2.42. The van der Waals surface area contributed by atoms with Gasteiger partial charge in [-0.2, -0.15) is 5.26 Å². The quantitative estimate of drug-likeness (QED) is 0.691. The molecule has 0 spiro atoms. The number of sulfone groups is 1. The molecule has 5 nitrogen and oxygen atoms in total. The van der Waals surface area contributed by atoms with Gasteiger partial charge in [-0.3, -0.25) is 0 Å². The summed E-state index contributed by atoms with van der Waals surface area (Å²) in [7, 11) is -3.45. The molecule has 13 heavy (non-hydrogen) atoms. The largest absolute Gasteiger partial charge is 0.345 e. The molecule has 0 aliphatic carbocycles. The first kappa shape index (κ1) is 9.48. The standard InChI is InChI=1S/C7H7N3O2S/c1-13(11,12)6(5-8)4-7-9-2-3-10-7/h2-4H,1H3,(H,9,10)/b6-4+. The molecule has 1 heterocycles. The SMILES string of the molecule is CS(=O)(=O)/C(C#N)=C/c1ncc[nH]1. The first-order chi connectivity index (χ1) is 6.04. The van der Waals surface area contributed by atoms with E-state index in [0.717, 1.165) is 6.26 Å². The van der Waals surface area contributed by atoms with Crippen LogP contribution in [0.15, 0.2) is 17.3 Å². The monoisotopic (exact) mass is 197 g/mol. The van der Waals surface area contributed by atoms with Crippen LogP contribution in [-0.4, -0.2) is 24.6 Å². The van der Waals surface area contributed by atoms with Crippen molar-refractivity contribution in [3.05, 3.63) is 23.1 Å². The molecule has 1 N–H and O–H groups in total. The number of rotatable bonds is 2. The first-order valence-electron chi connectivity index (χ1n) is 3.35. The summed E-state index contributed by atoms with van der Waals surface area (Å²) in [5.74, 6) is 0.349. The zero-order chi connectivity index (χ0) is 9.90. The fourth-order valence-corrected chi connectivity index (χ4v) is 1.19. The van der Waals surface area contributed by atoms with Gasteiger partial charge >= 0.3 is 0 Å². The van der Waals surface area contributed by atoms with Gasteiger partial charge in [-0.05, 0) is 0 Å². The van der Waals surface area contributed by atoms with Gasteiger partial charge in [0.05, 0.1) is 0 Å². The van der Waals surface area contributed by atoms with Crippen LogP contribution in [0.4, 0.5) is 0 Å². The van der Waals surface area contributed by atoms with Crippen LogP contribution in [0.2, 0.25) is 0 Å². The predicted molar refractivity (Wildman–Crippen MR) is 47.0 cm³/mol. The number of hydrogen-bond acceptors (Lipinski definition) is 4. The highest BCUT2D eigenvalue weighted by atomic mass is 32.2. The molecule has 1 rings (SSSR count). The van der Waals surface area contributed by atoms with E-state index >= 15 is 0 Å². The minimum absolute atomic E-state index is 0.303. The summed E-state index contributed by atoms with van der Waals surface area (Å²) in [5.41, 5.74) is 0. The highest BCUT2D eigenvalue weighted by Crippen LogP contribution is 2.06. The maximum atomic E-state index is 11.0. The van der Waals surface area contributed by atoms with Gasteiger partial charge in [0.15, 0.2) is 9.84 Å². The number of aromatic amines is 1. The highest BCUT2D eigenvalue weighted by molar-refractivity contribution is 7.95. The molecule has 0 bridgehead atoms. The lowest BCUT2D eigenvalue weighted by Gasteiger charge is -1.91. The predicted octanol–water partition coefficient (Wildman–Crippen LogP) is 0.319. The zero-order valence-corrected chi connectivity index (χ0v) is 7.67. The molecule has 0 aliphatic heterocycles. The van der Waals surface area contributed by atoms with E-state index in [2.05, 4.69) is 9.97 Å². The van der Waals surface area contributed by atoms with Crippen LogP contribution in [0, 0.1) is 11.3 Å². The van der Waals surface area contributed by atoms with Crippen molar-refractivity contribution in [2.24, 2.45) is 0 Å². The highest BCUT2D eigenvalue weighted by Gasteiger charge is 2.10. The Hall–Kier alpha value is -1.61. The molecular weight excluding hydrogens is 190 g/mol. The molecule has 0 aromatic carbocycles. The number of aromatic nitrogens is 2. The smallest absolute Gasteiger partial charge is 0.185 e. The Morgan fingerprint density at radius 2 is 2.46 bits per heavy atom. The van der Waals surface area contributed by atoms with E-state index in [1.807, 2.05) is 0 Å². The van der Waals surface area contributed by atoms with Crippen molar-refractivity contribution < 1.29 is 8.42 Å². The summed E-state index contributed by atoms with van der Waals surface area (Å²) in [6.07, 6.45) is 5.19. The lowest BCUT2D eigenvalue weighted by molar-refractivity contribution is 0.609. The van der Waals surface area contributed by atoms with E-state index in [-0.39, 0.29) is 4.91 Å². The van der Waals surface area contributed by atoms with Gasteiger partial charge in [0.25, 0.3) is 0 Å². The maximum absolute atomic E-state index is 11.0. The Morgan fingerprint density at radius 3 is 2.85 bits per heavy atom. The fourth-order valence-electron chi connectivity index (χ4n) is 0.703. The molecule has 0 atom stereocenters. The summed E-state index contributed by atoms with van der Waals surface area (Å²) in [6, 6.07) is 1.59. The van der Waals surface area contributed by atoms with E-state index in [1.54, 1.807) is 12.3 Å². The molecule has 6 heteroatoms. The van der Waals surface area contributed by atoms with E-state index in [4.69, 9.17) is 5.26 Å². The molecule has 0 saturated carbocycles. The zero-order valence-electron chi connectivity index (χ0n) is 6.85. The summed E-state index contributed by atoms with van der Waals surface area (Å²) in [5, 5.41) is 8.52. The van der Waals surface area contributed by atoms with E-state index in [9.17, 15) is 8.42 Å². The van der Waals surface area contributed by atoms with E-state index in [0.29, 0.717) is 5.82 Å².